The molecule has 0 fully saturated rings. The van der Waals surface area contributed by atoms with Crippen LogP contribution in [0.25, 0.3) is 0 Å². The van der Waals surface area contributed by atoms with Gasteiger partial charge in [-0.15, -0.1) is 0 Å². The highest BCUT2D eigenvalue weighted by Crippen LogP contribution is 2.47. The Morgan fingerprint density at radius 2 is 0.903 bits per heavy atom. The van der Waals surface area contributed by atoms with E-state index in [2.05, 4.69) is 13.8 Å². The van der Waals surface area contributed by atoms with Crippen LogP contribution in [0.15, 0.2) is 0 Å². The van der Waals surface area contributed by atoms with Crippen LogP contribution in [0.2, 0.25) is 0 Å². The van der Waals surface area contributed by atoms with Crippen molar-refractivity contribution in [2.75, 3.05) is 13.1 Å². The standard InChI is InChI=1S/C22H38F7NO/c1-3-5-7-9-11-13-15-17-30(18-16-14-12-10-8-6-4-2)19(31)20(23,24)21(25,26)22(27,28)29/h3-18H2,1-2H3. The second-order valence-electron chi connectivity index (χ2n) is 8.18. The van der Waals surface area contributed by atoms with E-state index in [-0.39, 0.29) is 13.1 Å². The molecule has 0 atom stereocenters. The molecule has 0 bridgehead atoms. The van der Waals surface area contributed by atoms with Crippen LogP contribution in [0, 0.1) is 0 Å². The van der Waals surface area contributed by atoms with E-state index in [1.54, 1.807) is 0 Å². The fourth-order valence-electron chi connectivity index (χ4n) is 3.35. The summed E-state index contributed by atoms with van der Waals surface area (Å²) in [6, 6.07) is 0. The fourth-order valence-corrected chi connectivity index (χ4v) is 3.35. The molecule has 0 aliphatic rings. The van der Waals surface area contributed by atoms with Crippen molar-refractivity contribution in [1.82, 2.24) is 4.90 Å². The molecule has 0 saturated heterocycles. The zero-order chi connectivity index (χ0) is 24.0. The number of rotatable bonds is 18. The number of nitrogens with zero attached hydrogens (tertiary/aromatic N) is 1. The van der Waals surface area contributed by atoms with E-state index >= 15 is 0 Å². The van der Waals surface area contributed by atoms with Gasteiger partial charge in [-0.1, -0.05) is 90.9 Å². The summed E-state index contributed by atoms with van der Waals surface area (Å²) in [4.78, 5) is 12.6. The van der Waals surface area contributed by atoms with Gasteiger partial charge in [-0.25, -0.2) is 0 Å². The summed E-state index contributed by atoms with van der Waals surface area (Å²) in [6.07, 6.45) is 5.06. The summed E-state index contributed by atoms with van der Waals surface area (Å²) in [7, 11) is 0. The van der Waals surface area contributed by atoms with E-state index in [4.69, 9.17) is 0 Å². The molecule has 186 valence electrons. The van der Waals surface area contributed by atoms with Crippen LogP contribution in [-0.4, -0.2) is 41.9 Å². The summed E-state index contributed by atoms with van der Waals surface area (Å²) < 4.78 is 91.8. The predicted octanol–water partition coefficient (Wildman–Crippen LogP) is 8.15. The number of halogens is 7. The molecule has 0 rings (SSSR count). The Morgan fingerprint density at radius 1 is 0.581 bits per heavy atom. The Balaban J connectivity index is 4.88. The number of alkyl halides is 7. The van der Waals surface area contributed by atoms with Crippen molar-refractivity contribution in [2.24, 2.45) is 0 Å². The SMILES string of the molecule is CCCCCCCCCN(CCCCCCCCC)C(=O)C(F)(F)C(F)(F)C(F)(F)F. The van der Waals surface area contributed by atoms with Crippen LogP contribution in [-0.2, 0) is 4.79 Å². The maximum atomic E-state index is 13.9. The summed E-state index contributed by atoms with van der Waals surface area (Å²) >= 11 is 0. The average Bonchev–Trinajstić information content (AvgIpc) is 2.69. The first kappa shape index (κ1) is 30.0. The van der Waals surface area contributed by atoms with E-state index in [0.717, 1.165) is 64.2 Å². The lowest BCUT2D eigenvalue weighted by atomic mass is 10.1. The molecule has 1 amide bonds. The van der Waals surface area contributed by atoms with Crippen molar-refractivity contribution >= 4 is 5.91 Å². The van der Waals surface area contributed by atoms with Crippen LogP contribution in [0.1, 0.15) is 104 Å². The van der Waals surface area contributed by atoms with Gasteiger partial charge >= 0.3 is 18.0 Å². The highest BCUT2D eigenvalue weighted by molar-refractivity contribution is 5.85. The first-order valence-corrected chi connectivity index (χ1v) is 11.5. The molecule has 0 aromatic heterocycles. The second-order valence-corrected chi connectivity index (χ2v) is 8.18. The normalized spacial score (nSPS) is 12.9. The lowest BCUT2D eigenvalue weighted by Crippen LogP contribution is -2.60. The Hall–Kier alpha value is -1.02. The molecule has 0 radical (unpaired) electrons. The third kappa shape index (κ3) is 10.4. The topological polar surface area (TPSA) is 20.3 Å². The molecule has 0 aromatic carbocycles. The monoisotopic (exact) mass is 465 g/mol. The highest BCUT2D eigenvalue weighted by atomic mass is 19.4. The van der Waals surface area contributed by atoms with Crippen molar-refractivity contribution in [3.63, 3.8) is 0 Å². The molecule has 0 heterocycles. The maximum Gasteiger partial charge on any atom is 0.460 e. The van der Waals surface area contributed by atoms with Crippen LogP contribution < -0.4 is 0 Å². The number of unbranched alkanes of at least 4 members (excludes halogenated alkanes) is 12. The Bertz CT molecular complexity index is 463. The zero-order valence-corrected chi connectivity index (χ0v) is 18.8. The molecule has 2 nitrogen and oxygen atoms in total. The summed E-state index contributed by atoms with van der Waals surface area (Å²) in [5, 5.41) is 0. The molecule has 0 saturated carbocycles. The molecular formula is C22H38F7NO. The lowest BCUT2D eigenvalue weighted by molar-refractivity contribution is -0.345. The van der Waals surface area contributed by atoms with Gasteiger partial charge < -0.3 is 4.90 Å². The number of hydrogen-bond acceptors (Lipinski definition) is 1. The molecule has 0 aromatic rings. The van der Waals surface area contributed by atoms with E-state index in [9.17, 15) is 35.5 Å². The summed E-state index contributed by atoms with van der Waals surface area (Å²) in [6.45, 7) is 3.63. The molecule has 0 aliphatic carbocycles. The number of amides is 1. The minimum Gasteiger partial charge on any atom is -0.337 e. The Morgan fingerprint density at radius 3 is 1.23 bits per heavy atom. The van der Waals surface area contributed by atoms with Crippen LogP contribution in [0.3, 0.4) is 0 Å². The first-order chi connectivity index (χ1) is 14.4. The van der Waals surface area contributed by atoms with Crippen molar-refractivity contribution in [3.8, 4) is 0 Å². The molecule has 0 unspecified atom stereocenters. The minimum atomic E-state index is -6.50. The van der Waals surface area contributed by atoms with Crippen molar-refractivity contribution in [2.45, 2.75) is 122 Å². The fraction of sp³-hybridized carbons (Fsp3) is 0.955. The third-order valence-electron chi connectivity index (χ3n) is 5.37. The van der Waals surface area contributed by atoms with Gasteiger partial charge in [-0.2, -0.15) is 30.7 Å². The minimum absolute atomic E-state index is 0.244. The Labute approximate surface area is 181 Å². The molecule has 0 N–H and O–H groups in total. The first-order valence-electron chi connectivity index (χ1n) is 11.5. The average molecular weight is 466 g/mol. The van der Waals surface area contributed by atoms with E-state index in [0.29, 0.717) is 30.6 Å². The van der Waals surface area contributed by atoms with Crippen LogP contribution >= 0.6 is 0 Å². The van der Waals surface area contributed by atoms with Crippen molar-refractivity contribution < 1.29 is 35.5 Å². The molecule has 9 heteroatoms. The predicted molar refractivity (Wildman–Crippen MR) is 109 cm³/mol. The largest absolute Gasteiger partial charge is 0.460 e. The molecule has 0 spiro atoms. The molecular weight excluding hydrogens is 427 g/mol. The smallest absolute Gasteiger partial charge is 0.337 e. The van der Waals surface area contributed by atoms with Crippen LogP contribution in [0.4, 0.5) is 30.7 Å². The Kier molecular flexibility index (Phi) is 14.4. The lowest BCUT2D eigenvalue weighted by Gasteiger charge is -2.32. The number of carbonyl (C=O) groups is 1. The molecule has 31 heavy (non-hydrogen) atoms. The van der Waals surface area contributed by atoms with E-state index < -0.39 is 23.9 Å². The van der Waals surface area contributed by atoms with E-state index in [1.807, 2.05) is 0 Å². The summed E-state index contributed by atoms with van der Waals surface area (Å²) in [5.74, 6) is -14.7. The van der Waals surface area contributed by atoms with Crippen molar-refractivity contribution in [3.05, 3.63) is 0 Å². The van der Waals surface area contributed by atoms with Gasteiger partial charge in [0.05, 0.1) is 0 Å². The van der Waals surface area contributed by atoms with Gasteiger partial charge in [-0.3, -0.25) is 4.79 Å². The maximum absolute atomic E-state index is 13.9. The quantitative estimate of drug-likeness (QED) is 0.148. The summed E-state index contributed by atoms with van der Waals surface area (Å²) in [5.41, 5.74) is 0. The van der Waals surface area contributed by atoms with Gasteiger partial charge in [0, 0.05) is 13.1 Å². The van der Waals surface area contributed by atoms with Gasteiger partial charge in [-0.05, 0) is 12.8 Å². The number of carbonyl (C=O) groups excluding carboxylic acids is 1. The second kappa shape index (κ2) is 14.9. The van der Waals surface area contributed by atoms with Gasteiger partial charge in [0.1, 0.15) is 0 Å². The van der Waals surface area contributed by atoms with E-state index in [1.165, 1.54) is 0 Å². The molecule has 0 aliphatic heterocycles. The number of hydrogen-bond donors (Lipinski definition) is 0. The van der Waals surface area contributed by atoms with Gasteiger partial charge in [0.25, 0.3) is 5.91 Å². The van der Waals surface area contributed by atoms with Gasteiger partial charge in [0.15, 0.2) is 0 Å². The van der Waals surface area contributed by atoms with Crippen LogP contribution in [0.5, 0.6) is 0 Å². The van der Waals surface area contributed by atoms with Crippen molar-refractivity contribution in [1.29, 1.82) is 0 Å². The van der Waals surface area contributed by atoms with Gasteiger partial charge in [0.2, 0.25) is 0 Å². The zero-order valence-electron chi connectivity index (χ0n) is 18.8. The third-order valence-corrected chi connectivity index (χ3v) is 5.37. The highest BCUT2D eigenvalue weighted by Gasteiger charge is 2.76.